The van der Waals surface area contributed by atoms with Gasteiger partial charge in [0, 0.05) is 5.02 Å². The standard InChI is InChI=1S/C19H20ClNO4/c20-16-8-6-15(7-9-16)17(12-19(23)24)21-18(22)13-25-11-10-14-4-2-1-3-5-14/h1-9,17H,10-13H2,(H,21,22)(H,23,24)/t17-/m0/s1. The molecule has 2 aromatic rings. The molecule has 0 aliphatic heterocycles. The highest BCUT2D eigenvalue weighted by Gasteiger charge is 2.18. The van der Waals surface area contributed by atoms with E-state index in [9.17, 15) is 9.59 Å². The maximum absolute atomic E-state index is 12.0. The van der Waals surface area contributed by atoms with Gasteiger partial charge < -0.3 is 15.2 Å². The van der Waals surface area contributed by atoms with Gasteiger partial charge in [-0.2, -0.15) is 0 Å². The van der Waals surface area contributed by atoms with Gasteiger partial charge in [-0.25, -0.2) is 0 Å². The fourth-order valence-electron chi connectivity index (χ4n) is 2.36. The molecule has 0 fully saturated rings. The summed E-state index contributed by atoms with van der Waals surface area (Å²) in [7, 11) is 0. The van der Waals surface area contributed by atoms with Gasteiger partial charge in [0.05, 0.1) is 19.1 Å². The van der Waals surface area contributed by atoms with Crippen molar-refractivity contribution in [2.75, 3.05) is 13.2 Å². The van der Waals surface area contributed by atoms with Crippen molar-refractivity contribution in [1.29, 1.82) is 0 Å². The molecule has 0 saturated heterocycles. The molecule has 2 rings (SSSR count). The number of carbonyl (C=O) groups is 2. The van der Waals surface area contributed by atoms with Crippen molar-refractivity contribution in [3.05, 3.63) is 70.7 Å². The number of aliphatic carboxylic acids is 1. The Bertz CT molecular complexity index is 688. The normalized spacial score (nSPS) is 11.7. The van der Waals surface area contributed by atoms with Crippen LogP contribution in [0, 0.1) is 0 Å². The van der Waals surface area contributed by atoms with E-state index in [4.69, 9.17) is 21.4 Å². The quantitative estimate of drug-likeness (QED) is 0.672. The summed E-state index contributed by atoms with van der Waals surface area (Å²) in [5.74, 6) is -1.35. The highest BCUT2D eigenvalue weighted by Crippen LogP contribution is 2.19. The smallest absolute Gasteiger partial charge is 0.305 e. The lowest BCUT2D eigenvalue weighted by atomic mass is 10.0. The second-order valence-electron chi connectivity index (χ2n) is 5.56. The Balaban J connectivity index is 1.82. The van der Waals surface area contributed by atoms with E-state index in [0.717, 1.165) is 5.56 Å². The summed E-state index contributed by atoms with van der Waals surface area (Å²) in [6.07, 6.45) is 0.501. The van der Waals surface area contributed by atoms with Crippen LogP contribution in [0.3, 0.4) is 0 Å². The van der Waals surface area contributed by atoms with Crippen molar-refractivity contribution in [3.8, 4) is 0 Å². The molecule has 132 valence electrons. The first-order valence-corrected chi connectivity index (χ1v) is 8.30. The van der Waals surface area contributed by atoms with Gasteiger partial charge in [0.15, 0.2) is 0 Å². The molecule has 0 spiro atoms. The molecule has 1 atom stereocenters. The number of carbonyl (C=O) groups excluding carboxylic acids is 1. The van der Waals surface area contributed by atoms with Gasteiger partial charge in [-0.15, -0.1) is 0 Å². The molecule has 6 heteroatoms. The van der Waals surface area contributed by atoms with E-state index in [1.54, 1.807) is 24.3 Å². The van der Waals surface area contributed by atoms with Gasteiger partial charge in [-0.05, 0) is 29.7 Å². The van der Waals surface area contributed by atoms with Gasteiger partial charge in [0.2, 0.25) is 5.91 Å². The molecule has 1 amide bonds. The first-order chi connectivity index (χ1) is 12.0. The largest absolute Gasteiger partial charge is 0.481 e. The number of benzene rings is 2. The van der Waals surface area contributed by atoms with Gasteiger partial charge in [-0.3, -0.25) is 9.59 Å². The first-order valence-electron chi connectivity index (χ1n) is 7.93. The molecule has 0 bridgehead atoms. The Morgan fingerprint density at radius 1 is 1.08 bits per heavy atom. The van der Waals surface area contributed by atoms with Crippen LogP contribution in [0.1, 0.15) is 23.6 Å². The lowest BCUT2D eigenvalue weighted by Crippen LogP contribution is -2.33. The summed E-state index contributed by atoms with van der Waals surface area (Å²) in [6, 6.07) is 15.9. The Labute approximate surface area is 151 Å². The van der Waals surface area contributed by atoms with Gasteiger partial charge in [0.25, 0.3) is 0 Å². The Morgan fingerprint density at radius 2 is 1.76 bits per heavy atom. The van der Waals surface area contributed by atoms with E-state index in [-0.39, 0.29) is 18.9 Å². The molecule has 0 unspecified atom stereocenters. The highest BCUT2D eigenvalue weighted by molar-refractivity contribution is 6.30. The third-order valence-corrected chi connectivity index (χ3v) is 3.85. The van der Waals surface area contributed by atoms with E-state index in [1.807, 2.05) is 30.3 Å². The molecule has 0 saturated carbocycles. The number of hydrogen-bond acceptors (Lipinski definition) is 3. The number of nitrogens with one attached hydrogen (secondary N) is 1. The highest BCUT2D eigenvalue weighted by atomic mass is 35.5. The molecule has 0 aliphatic carbocycles. The zero-order valence-electron chi connectivity index (χ0n) is 13.7. The molecule has 0 aromatic heterocycles. The Hall–Kier alpha value is -2.37. The van der Waals surface area contributed by atoms with E-state index in [1.165, 1.54) is 0 Å². The van der Waals surface area contributed by atoms with E-state index < -0.39 is 12.0 Å². The molecule has 25 heavy (non-hydrogen) atoms. The number of rotatable bonds is 9. The van der Waals surface area contributed by atoms with Crippen LogP contribution < -0.4 is 5.32 Å². The van der Waals surface area contributed by atoms with Crippen molar-refractivity contribution in [1.82, 2.24) is 5.32 Å². The number of hydrogen-bond donors (Lipinski definition) is 2. The molecule has 0 radical (unpaired) electrons. The van der Waals surface area contributed by atoms with Crippen LogP contribution in [0.25, 0.3) is 0 Å². The van der Waals surface area contributed by atoms with E-state index >= 15 is 0 Å². The predicted octanol–water partition coefficient (Wildman–Crippen LogP) is 3.23. The van der Waals surface area contributed by atoms with Crippen LogP contribution in [-0.2, 0) is 20.7 Å². The molecular formula is C19H20ClNO4. The Kier molecular flexibility index (Phi) is 7.44. The van der Waals surface area contributed by atoms with Gasteiger partial charge >= 0.3 is 5.97 Å². The lowest BCUT2D eigenvalue weighted by Gasteiger charge is -2.17. The van der Waals surface area contributed by atoms with Crippen molar-refractivity contribution in [2.45, 2.75) is 18.9 Å². The molecule has 2 N–H and O–H groups in total. The number of carboxylic acid groups (broad SMARTS) is 1. The van der Waals surface area contributed by atoms with Crippen LogP contribution in [0.15, 0.2) is 54.6 Å². The fraction of sp³-hybridized carbons (Fsp3) is 0.263. The van der Waals surface area contributed by atoms with Crippen LogP contribution >= 0.6 is 11.6 Å². The minimum absolute atomic E-state index is 0.115. The second-order valence-corrected chi connectivity index (χ2v) is 5.99. The minimum atomic E-state index is -0.995. The summed E-state index contributed by atoms with van der Waals surface area (Å²) >= 11 is 5.84. The van der Waals surface area contributed by atoms with Crippen LogP contribution in [0.4, 0.5) is 0 Å². The summed E-state index contributed by atoms with van der Waals surface area (Å²) in [4.78, 5) is 23.1. The molecule has 0 heterocycles. The number of halogens is 1. The van der Waals surface area contributed by atoms with Crippen LogP contribution in [0.5, 0.6) is 0 Å². The van der Waals surface area contributed by atoms with Crippen LogP contribution in [0.2, 0.25) is 5.02 Å². The molecular weight excluding hydrogens is 342 g/mol. The van der Waals surface area contributed by atoms with Crippen LogP contribution in [-0.4, -0.2) is 30.2 Å². The Morgan fingerprint density at radius 3 is 2.40 bits per heavy atom. The van der Waals surface area contributed by atoms with Gasteiger partial charge in [-0.1, -0.05) is 54.1 Å². The SMILES string of the molecule is O=C(O)C[C@H](NC(=O)COCCc1ccccc1)c1ccc(Cl)cc1. The molecule has 5 nitrogen and oxygen atoms in total. The van der Waals surface area contributed by atoms with Crippen molar-refractivity contribution in [2.24, 2.45) is 0 Å². The number of amides is 1. The summed E-state index contributed by atoms with van der Waals surface area (Å²) < 4.78 is 5.38. The monoisotopic (exact) mass is 361 g/mol. The lowest BCUT2D eigenvalue weighted by molar-refractivity contribution is -0.138. The third kappa shape index (κ3) is 6.95. The number of ether oxygens (including phenoxy) is 1. The van der Waals surface area contributed by atoms with Gasteiger partial charge in [0.1, 0.15) is 6.61 Å². The average Bonchev–Trinajstić information content (AvgIpc) is 2.59. The predicted molar refractivity (Wildman–Crippen MR) is 95.6 cm³/mol. The zero-order chi connectivity index (χ0) is 18.1. The first kappa shape index (κ1) is 19.0. The molecule has 2 aromatic carbocycles. The van der Waals surface area contributed by atoms with Crippen molar-refractivity contribution >= 4 is 23.5 Å². The summed E-state index contributed by atoms with van der Waals surface area (Å²) in [6.45, 7) is 0.304. The topological polar surface area (TPSA) is 75.6 Å². The fourth-order valence-corrected chi connectivity index (χ4v) is 2.48. The third-order valence-electron chi connectivity index (χ3n) is 3.60. The van der Waals surface area contributed by atoms with Crippen molar-refractivity contribution < 1.29 is 19.4 Å². The maximum atomic E-state index is 12.0. The summed E-state index contributed by atoms with van der Waals surface area (Å²) in [5, 5.41) is 12.3. The van der Waals surface area contributed by atoms with E-state index in [0.29, 0.717) is 23.6 Å². The minimum Gasteiger partial charge on any atom is -0.481 e. The number of carboxylic acids is 1. The zero-order valence-corrected chi connectivity index (χ0v) is 14.4. The van der Waals surface area contributed by atoms with Crippen molar-refractivity contribution in [3.63, 3.8) is 0 Å². The summed E-state index contributed by atoms with van der Waals surface area (Å²) in [5.41, 5.74) is 1.82. The second kappa shape index (κ2) is 9.81. The maximum Gasteiger partial charge on any atom is 0.305 e. The average molecular weight is 362 g/mol. The van der Waals surface area contributed by atoms with E-state index in [2.05, 4.69) is 5.32 Å². The molecule has 0 aliphatic rings.